The molecule has 0 aliphatic rings. The third-order valence-corrected chi connectivity index (χ3v) is 4.59. The van der Waals surface area contributed by atoms with Crippen LogP contribution >= 0.6 is 0 Å². The Bertz CT molecular complexity index is 1190. The molecule has 0 saturated carbocycles. The van der Waals surface area contributed by atoms with Gasteiger partial charge in [-0.25, -0.2) is 4.98 Å². The molecule has 4 rings (SSSR count). The molecule has 0 atom stereocenters. The number of hydrogen-bond donors (Lipinski definition) is 4. The number of benzene rings is 3. The van der Waals surface area contributed by atoms with Gasteiger partial charge in [-0.2, -0.15) is 0 Å². The molecule has 0 fully saturated rings. The molecule has 0 bridgehead atoms. The number of nitrogens with zero attached hydrogens (tertiary/aromatic N) is 1. The zero-order valence-corrected chi connectivity index (χ0v) is 16.0. The van der Waals surface area contributed by atoms with Crippen molar-refractivity contribution in [2.45, 2.75) is 0 Å². The summed E-state index contributed by atoms with van der Waals surface area (Å²) in [7, 11) is 0. The highest BCUT2D eigenvalue weighted by Crippen LogP contribution is 2.32. The van der Waals surface area contributed by atoms with Crippen molar-refractivity contribution in [2.75, 3.05) is 5.73 Å². The number of aromatic nitrogens is 1. The van der Waals surface area contributed by atoms with Crippen molar-refractivity contribution >= 4 is 11.5 Å². The van der Waals surface area contributed by atoms with E-state index < -0.39 is 0 Å². The number of pyridine rings is 1. The number of rotatable bonds is 5. The summed E-state index contributed by atoms with van der Waals surface area (Å²) >= 11 is 0. The van der Waals surface area contributed by atoms with Crippen molar-refractivity contribution in [3.63, 3.8) is 0 Å². The van der Waals surface area contributed by atoms with E-state index in [1.165, 1.54) is 0 Å². The second-order valence-corrected chi connectivity index (χ2v) is 6.72. The standard InChI is InChI=1S/C24H20N4O2/c25-20-14-21(15-6-10-17(29)11-7-15)28-23(22(20)24(26)27)16-8-12-19(13-9-16)30-18-4-2-1-3-5-18/h1-14,29H,(H2,25,28)(H3,26,27). The van der Waals surface area contributed by atoms with Crippen molar-refractivity contribution in [3.05, 3.63) is 90.5 Å². The molecule has 6 N–H and O–H groups in total. The lowest BCUT2D eigenvalue weighted by molar-refractivity contribution is 0.475. The summed E-state index contributed by atoms with van der Waals surface area (Å²) < 4.78 is 5.84. The van der Waals surface area contributed by atoms with Gasteiger partial charge in [-0.15, -0.1) is 0 Å². The van der Waals surface area contributed by atoms with Gasteiger partial charge < -0.3 is 21.3 Å². The first-order chi connectivity index (χ1) is 14.5. The molecular weight excluding hydrogens is 376 g/mol. The highest BCUT2D eigenvalue weighted by molar-refractivity contribution is 6.05. The van der Waals surface area contributed by atoms with Crippen LogP contribution in [0.5, 0.6) is 17.2 Å². The number of aromatic hydroxyl groups is 1. The molecule has 0 aliphatic carbocycles. The lowest BCUT2D eigenvalue weighted by atomic mass is 10.0. The van der Waals surface area contributed by atoms with Gasteiger partial charge in [0, 0.05) is 16.8 Å². The summed E-state index contributed by atoms with van der Waals surface area (Å²) in [5.41, 5.74) is 15.5. The fourth-order valence-electron chi connectivity index (χ4n) is 3.14. The number of phenols is 1. The fraction of sp³-hybridized carbons (Fsp3) is 0. The smallest absolute Gasteiger partial charge is 0.127 e. The zero-order valence-electron chi connectivity index (χ0n) is 16.0. The monoisotopic (exact) mass is 396 g/mol. The fourth-order valence-corrected chi connectivity index (χ4v) is 3.14. The van der Waals surface area contributed by atoms with E-state index in [4.69, 9.17) is 26.6 Å². The Balaban J connectivity index is 1.74. The molecule has 0 radical (unpaired) electrons. The Hall–Kier alpha value is -4.32. The minimum Gasteiger partial charge on any atom is -0.508 e. The molecule has 0 saturated heterocycles. The maximum absolute atomic E-state index is 9.54. The van der Waals surface area contributed by atoms with Crippen LogP contribution in [0.25, 0.3) is 22.5 Å². The molecule has 0 spiro atoms. The number of nitrogens with two attached hydrogens (primary N) is 2. The number of nitrogens with one attached hydrogen (secondary N) is 1. The third kappa shape index (κ3) is 3.93. The predicted molar refractivity (Wildman–Crippen MR) is 119 cm³/mol. The van der Waals surface area contributed by atoms with Gasteiger partial charge in [0.2, 0.25) is 0 Å². The van der Waals surface area contributed by atoms with E-state index in [0.717, 1.165) is 16.9 Å². The highest BCUT2D eigenvalue weighted by Gasteiger charge is 2.16. The van der Waals surface area contributed by atoms with Gasteiger partial charge in [-0.3, -0.25) is 5.41 Å². The summed E-state index contributed by atoms with van der Waals surface area (Å²) in [6.07, 6.45) is 0. The number of para-hydroxylation sites is 1. The molecule has 4 aromatic rings. The van der Waals surface area contributed by atoms with E-state index in [2.05, 4.69) is 0 Å². The Morgan fingerprint density at radius 1 is 0.833 bits per heavy atom. The number of hydrogen-bond acceptors (Lipinski definition) is 5. The van der Waals surface area contributed by atoms with Gasteiger partial charge in [0.15, 0.2) is 0 Å². The molecule has 0 aliphatic heterocycles. The van der Waals surface area contributed by atoms with Crippen LogP contribution in [0.2, 0.25) is 0 Å². The van der Waals surface area contributed by atoms with Crippen molar-refractivity contribution < 1.29 is 9.84 Å². The second kappa shape index (κ2) is 7.97. The van der Waals surface area contributed by atoms with E-state index in [0.29, 0.717) is 28.4 Å². The number of anilines is 1. The van der Waals surface area contributed by atoms with Crippen LogP contribution in [0.4, 0.5) is 5.69 Å². The quantitative estimate of drug-likeness (QED) is 0.286. The van der Waals surface area contributed by atoms with Crippen LogP contribution in [-0.4, -0.2) is 15.9 Å². The lowest BCUT2D eigenvalue weighted by Crippen LogP contribution is -2.16. The molecule has 1 heterocycles. The second-order valence-electron chi connectivity index (χ2n) is 6.72. The summed E-state index contributed by atoms with van der Waals surface area (Å²) in [5.74, 6) is 1.43. The van der Waals surface area contributed by atoms with Crippen LogP contribution in [-0.2, 0) is 0 Å². The van der Waals surface area contributed by atoms with E-state index in [1.807, 2.05) is 54.6 Å². The number of ether oxygens (including phenoxy) is 1. The predicted octanol–water partition coefficient (Wildman–Crippen LogP) is 4.78. The Labute approximate surface area is 173 Å². The van der Waals surface area contributed by atoms with E-state index in [9.17, 15) is 5.11 Å². The van der Waals surface area contributed by atoms with Crippen LogP contribution in [0.3, 0.4) is 0 Å². The maximum atomic E-state index is 9.54. The van der Waals surface area contributed by atoms with Gasteiger partial charge >= 0.3 is 0 Å². The molecule has 0 unspecified atom stereocenters. The highest BCUT2D eigenvalue weighted by atomic mass is 16.5. The summed E-state index contributed by atoms with van der Waals surface area (Å²) in [5, 5.41) is 17.5. The minimum atomic E-state index is -0.156. The minimum absolute atomic E-state index is 0.156. The van der Waals surface area contributed by atoms with Crippen LogP contribution in [0, 0.1) is 5.41 Å². The molecule has 6 nitrogen and oxygen atoms in total. The number of amidine groups is 1. The topological polar surface area (TPSA) is 118 Å². The van der Waals surface area contributed by atoms with Crippen molar-refractivity contribution in [1.29, 1.82) is 5.41 Å². The van der Waals surface area contributed by atoms with E-state index in [1.54, 1.807) is 30.3 Å². The molecule has 1 aromatic heterocycles. The van der Waals surface area contributed by atoms with Gasteiger partial charge in [0.1, 0.15) is 23.1 Å². The lowest BCUT2D eigenvalue weighted by Gasteiger charge is -2.14. The Kier molecular flexibility index (Phi) is 5.05. The van der Waals surface area contributed by atoms with Crippen LogP contribution in [0.15, 0.2) is 84.9 Å². The van der Waals surface area contributed by atoms with Gasteiger partial charge in [0.25, 0.3) is 0 Å². The van der Waals surface area contributed by atoms with Crippen molar-refractivity contribution in [1.82, 2.24) is 4.98 Å². The molecule has 148 valence electrons. The number of phenolic OH excluding ortho intramolecular Hbond substituents is 1. The average Bonchev–Trinajstić information content (AvgIpc) is 2.75. The summed E-state index contributed by atoms with van der Waals surface area (Å²) in [6.45, 7) is 0. The van der Waals surface area contributed by atoms with Crippen molar-refractivity contribution in [2.24, 2.45) is 5.73 Å². The SMILES string of the molecule is N=C(N)c1c(N)cc(-c2ccc(O)cc2)nc1-c1ccc(Oc2ccccc2)cc1. The summed E-state index contributed by atoms with van der Waals surface area (Å²) in [6, 6.07) is 25.2. The summed E-state index contributed by atoms with van der Waals surface area (Å²) in [4.78, 5) is 4.72. The third-order valence-electron chi connectivity index (χ3n) is 4.59. The molecular formula is C24H20N4O2. The average molecular weight is 396 g/mol. The first kappa shape index (κ1) is 19.0. The molecule has 0 amide bonds. The first-order valence-electron chi connectivity index (χ1n) is 9.29. The molecule has 3 aromatic carbocycles. The Morgan fingerprint density at radius 2 is 1.43 bits per heavy atom. The zero-order chi connectivity index (χ0) is 21.1. The normalized spacial score (nSPS) is 10.5. The molecule has 6 heteroatoms. The van der Waals surface area contributed by atoms with Gasteiger partial charge in [-0.1, -0.05) is 18.2 Å². The number of nitrogen functional groups attached to an aromatic ring is 2. The van der Waals surface area contributed by atoms with Gasteiger partial charge in [-0.05, 0) is 66.7 Å². The molecule has 30 heavy (non-hydrogen) atoms. The Morgan fingerprint density at radius 3 is 2.07 bits per heavy atom. The van der Waals surface area contributed by atoms with Crippen molar-refractivity contribution in [3.8, 4) is 39.8 Å². The van der Waals surface area contributed by atoms with Gasteiger partial charge in [0.05, 0.1) is 17.0 Å². The van der Waals surface area contributed by atoms with E-state index >= 15 is 0 Å². The van der Waals surface area contributed by atoms with Crippen LogP contribution in [0.1, 0.15) is 5.56 Å². The first-order valence-corrected chi connectivity index (χ1v) is 9.29. The largest absolute Gasteiger partial charge is 0.508 e. The van der Waals surface area contributed by atoms with E-state index in [-0.39, 0.29) is 11.6 Å². The van der Waals surface area contributed by atoms with Crippen LogP contribution < -0.4 is 16.2 Å². The maximum Gasteiger partial charge on any atom is 0.127 e.